The summed E-state index contributed by atoms with van der Waals surface area (Å²) < 4.78 is 30.2. The average Bonchev–Trinajstić information content (AvgIpc) is 1.71. The molecule has 0 aromatic carbocycles. The molecule has 7 amide bonds. The summed E-state index contributed by atoms with van der Waals surface area (Å²) in [6, 6.07) is -13.4. The van der Waals surface area contributed by atoms with Crippen molar-refractivity contribution in [3.8, 4) is 0 Å². The number of carboxylic acids is 6. The first-order chi connectivity index (χ1) is 53.4. The predicted octanol–water partition coefficient (Wildman–Crippen LogP) is -18.1. The molecule has 636 valence electrons. The Hall–Kier alpha value is -12.4. The van der Waals surface area contributed by atoms with Crippen molar-refractivity contribution in [1.29, 1.82) is 0 Å². The Labute approximate surface area is 633 Å². The van der Waals surface area contributed by atoms with E-state index in [-0.39, 0.29) is 6.54 Å². The number of aliphatic hydroxyl groups excluding tert-OH is 11. The minimum absolute atomic E-state index is 0.243. The Morgan fingerprint density at radius 1 is 0.487 bits per heavy atom. The van der Waals surface area contributed by atoms with Gasteiger partial charge in [0, 0.05) is 31.6 Å². The number of likely N-dealkylation sites (tertiary alicyclic amines) is 1. The van der Waals surface area contributed by atoms with Crippen LogP contribution in [-0.4, -0.2) is 352 Å². The van der Waals surface area contributed by atoms with E-state index in [4.69, 9.17) is 58.8 Å². The second kappa shape index (κ2) is 39.4. The number of hydrogen-bond acceptors (Lipinski definition) is 39. The third-order valence-electron chi connectivity index (χ3n) is 17.0. The van der Waals surface area contributed by atoms with E-state index in [2.05, 4.69) is 19.5 Å². The molecule has 3 aromatic heterocycles. The lowest BCUT2D eigenvalue weighted by atomic mass is 9.92. The molecule has 0 saturated carbocycles. The van der Waals surface area contributed by atoms with Crippen LogP contribution in [-0.2, 0) is 62.0 Å². The van der Waals surface area contributed by atoms with Gasteiger partial charge < -0.3 is 170 Å². The Kier molecular flexibility index (Phi) is 31.9. The lowest BCUT2D eigenvalue weighted by Gasteiger charge is -2.43. The monoisotopic (exact) mass is 1660 g/mol. The maximum atomic E-state index is 13.6. The molecule has 35 N–H and O–H groups in total. The number of amides is 7. The van der Waals surface area contributed by atoms with E-state index in [1.165, 1.54) is 13.0 Å². The highest BCUT2D eigenvalue weighted by Gasteiger charge is 2.56. The second-order valence-electron chi connectivity index (χ2n) is 24.7. The van der Waals surface area contributed by atoms with Gasteiger partial charge in [0.15, 0.2) is 36.8 Å². The SMILES string of the molecule is C/C=C1\CN(C(=O)C(NC(=O)C(N)C(O)C(O)COC(N)=O)C2OC(n3cc(C(=O)O)c(=O)[nH]c3=O)C(O)C2O)C1C(=O)O.NC(=O)OCC(O)C(O)C(N)C(=O)NC(C(=O)O)C1OC(n2cc(C(=O)O)c(=O)[nH]c2=O)C(O)C1O.NC(=O)OCC(O)CC(N)C(=O)NC(C(=O)O)C1OC(n2cc(C(=O)O)c(=O)[nH]c2=O)C(O)C1O. The molecule has 24 unspecified atom stereocenters. The topological polar surface area (TPSA) is 981 Å². The fourth-order valence-corrected chi connectivity index (χ4v) is 11.0. The number of aromatic amines is 3. The van der Waals surface area contributed by atoms with Crippen molar-refractivity contribution < 1.29 is 178 Å². The number of nitrogens with two attached hydrogens (primary N) is 6. The molecule has 7 heterocycles. The summed E-state index contributed by atoms with van der Waals surface area (Å²) in [5, 5.41) is 174. The number of carboxylic acid groups (broad SMARTS) is 6. The van der Waals surface area contributed by atoms with E-state index in [0.717, 1.165) is 4.90 Å². The normalized spacial score (nSPS) is 25.3. The standard InChI is InChI=1S/C23H30N6O15.C17H23N5O14.C17H23N5O13/c1-2-6-3-28(11(6)21(39)40)18(36)10(26-17(35)9(24)12(31)8(30)5-43-22(25)41)15-13(32)14(33)19(44-15)29-4-7(20(37)38)16(34)27-23(29)42;18-5(7(24)4(23)2-35-16(19)33)12(28)20-6(15(31)32)10-8(25)9(26)13(36-10)22-1-3(14(29)30)11(27)21-17(22)34;18-6(1-4(23)3-34-16(19)32)12(27)20-7(15(30)31)10-8(24)9(25)13(35-10)22-2-5(14(28)29)11(26)21-17(22)33/h2,4,8-15,19,30-33H,3,5,24H2,1H3,(H2,25,41)(H,26,35)(H,37,38)(H,39,40)(H,27,34,42);1,4-10,13,23-26H,2,18H2,(H2,19,33)(H,20,28)(H,29,30)(H,31,32)(H,21,27,34);2,4,6-10,13,23-25H,1,3,18H2,(H2,19,32)(H,20,27)(H,28,29)(H,30,31)(H,21,26,33)/b6-2+;;. The van der Waals surface area contributed by atoms with E-state index in [1.807, 2.05) is 10.6 Å². The molecule has 0 spiro atoms. The molecule has 4 aliphatic rings. The van der Waals surface area contributed by atoms with E-state index in [0.29, 0.717) is 37.9 Å². The maximum Gasteiger partial charge on any atom is 0.404 e. The van der Waals surface area contributed by atoms with E-state index in [1.54, 1.807) is 15.0 Å². The van der Waals surface area contributed by atoms with E-state index < -0.39 is 301 Å². The lowest BCUT2D eigenvalue weighted by Crippen LogP contribution is -2.67. The Balaban J connectivity index is 0.000000311. The molecule has 0 radical (unpaired) electrons. The van der Waals surface area contributed by atoms with Gasteiger partial charge in [-0.1, -0.05) is 6.08 Å². The van der Waals surface area contributed by atoms with Crippen LogP contribution in [0.2, 0.25) is 0 Å². The number of primary amides is 3. The van der Waals surface area contributed by atoms with Gasteiger partial charge in [-0.15, -0.1) is 0 Å². The fourth-order valence-electron chi connectivity index (χ4n) is 11.0. The summed E-state index contributed by atoms with van der Waals surface area (Å²) in [7, 11) is 0. The number of nitrogens with zero attached hydrogens (tertiary/aromatic N) is 4. The Bertz CT molecular complexity index is 4600. The molecular formula is C57H76N16O42. The number of aliphatic hydroxyl groups is 11. The van der Waals surface area contributed by atoms with E-state index >= 15 is 0 Å². The summed E-state index contributed by atoms with van der Waals surface area (Å²) in [4.78, 5) is 230. The first-order valence-corrected chi connectivity index (χ1v) is 32.2. The van der Waals surface area contributed by atoms with Crippen LogP contribution in [0.3, 0.4) is 0 Å². The average molecular weight is 1660 g/mol. The van der Waals surface area contributed by atoms with Gasteiger partial charge >= 0.3 is 71.2 Å². The number of carbonyl (C=O) groups is 13. The van der Waals surface area contributed by atoms with Crippen LogP contribution in [0.4, 0.5) is 14.4 Å². The molecule has 0 aliphatic carbocycles. The number of nitrogens with one attached hydrogen (secondary N) is 6. The first kappa shape index (κ1) is 93.2. The Morgan fingerprint density at radius 3 is 1.09 bits per heavy atom. The number of aliphatic carboxylic acids is 3. The van der Waals surface area contributed by atoms with Gasteiger partial charge in [-0.2, -0.15) is 0 Å². The molecule has 58 nitrogen and oxygen atoms in total. The summed E-state index contributed by atoms with van der Waals surface area (Å²) in [6.45, 7) is -1.07. The summed E-state index contributed by atoms with van der Waals surface area (Å²) in [5.74, 6) is -15.4. The number of aromatic carboxylic acids is 3. The van der Waals surface area contributed by atoms with Gasteiger partial charge in [0.1, 0.15) is 134 Å². The van der Waals surface area contributed by atoms with Crippen molar-refractivity contribution in [3.05, 3.63) is 109 Å². The maximum absolute atomic E-state index is 13.6. The van der Waals surface area contributed by atoms with E-state index in [9.17, 15) is 168 Å². The van der Waals surface area contributed by atoms with Gasteiger partial charge in [0.05, 0.1) is 12.1 Å². The molecular weight excluding hydrogens is 1580 g/mol. The minimum Gasteiger partial charge on any atom is -0.480 e. The van der Waals surface area contributed by atoms with Crippen molar-refractivity contribution in [2.24, 2.45) is 34.4 Å². The highest BCUT2D eigenvalue weighted by molar-refractivity contribution is 5.96. The highest BCUT2D eigenvalue weighted by Crippen LogP contribution is 2.35. The van der Waals surface area contributed by atoms with Crippen LogP contribution in [0.15, 0.2) is 59.0 Å². The summed E-state index contributed by atoms with van der Waals surface area (Å²) >= 11 is 0. The van der Waals surface area contributed by atoms with Gasteiger partial charge in [0.2, 0.25) is 23.6 Å². The van der Waals surface area contributed by atoms with Crippen molar-refractivity contribution >= 4 is 77.7 Å². The second-order valence-corrected chi connectivity index (χ2v) is 24.7. The van der Waals surface area contributed by atoms with Crippen LogP contribution < -0.4 is 84.1 Å². The molecule has 24 atom stereocenters. The summed E-state index contributed by atoms with van der Waals surface area (Å²) in [5.41, 5.74) is 20.9. The van der Waals surface area contributed by atoms with Gasteiger partial charge in [-0.25, -0.2) is 57.5 Å². The molecule has 4 aliphatic heterocycles. The molecule has 115 heavy (non-hydrogen) atoms. The minimum atomic E-state index is -2.16. The fraction of sp³-hybridized carbons (Fsp3) is 0.526. The third-order valence-corrected chi connectivity index (χ3v) is 17.0. The zero-order chi connectivity index (χ0) is 87.3. The van der Waals surface area contributed by atoms with Crippen LogP contribution in [0, 0.1) is 0 Å². The predicted molar refractivity (Wildman–Crippen MR) is 356 cm³/mol. The van der Waals surface area contributed by atoms with Crippen molar-refractivity contribution in [3.63, 3.8) is 0 Å². The van der Waals surface area contributed by atoms with Gasteiger partial charge in [-0.3, -0.25) is 62.2 Å². The zero-order valence-corrected chi connectivity index (χ0v) is 58.3. The number of hydrogen-bond donors (Lipinski definition) is 29. The number of aromatic nitrogens is 6. The lowest BCUT2D eigenvalue weighted by molar-refractivity contribution is -0.157. The molecule has 7 rings (SSSR count). The van der Waals surface area contributed by atoms with Crippen LogP contribution in [0.5, 0.6) is 0 Å². The van der Waals surface area contributed by atoms with Crippen LogP contribution in [0.25, 0.3) is 0 Å². The van der Waals surface area contributed by atoms with Gasteiger partial charge in [-0.05, 0) is 12.5 Å². The Morgan fingerprint density at radius 2 is 0.791 bits per heavy atom. The molecule has 58 heteroatoms. The van der Waals surface area contributed by atoms with Crippen molar-refractivity contribution in [1.82, 2.24) is 49.5 Å². The number of H-pyrrole nitrogens is 3. The summed E-state index contributed by atoms with van der Waals surface area (Å²) in [6.07, 6.45) is -34.7. The number of ether oxygens (including phenoxy) is 6. The zero-order valence-electron chi connectivity index (χ0n) is 58.3. The molecule has 0 bridgehead atoms. The smallest absolute Gasteiger partial charge is 0.404 e. The highest BCUT2D eigenvalue weighted by atomic mass is 16.6. The largest absolute Gasteiger partial charge is 0.480 e. The molecule has 4 saturated heterocycles. The quantitative estimate of drug-likeness (QED) is 0.0210. The molecule has 3 aromatic rings. The number of rotatable bonds is 31. The van der Waals surface area contributed by atoms with Crippen LogP contribution in [0.1, 0.15) is 63.1 Å². The van der Waals surface area contributed by atoms with Crippen LogP contribution >= 0.6 is 0 Å². The molecule has 4 fully saturated rings. The van der Waals surface area contributed by atoms with Crippen molar-refractivity contribution in [2.75, 3.05) is 26.4 Å². The van der Waals surface area contributed by atoms with Crippen molar-refractivity contribution in [2.45, 2.75) is 160 Å². The third kappa shape index (κ3) is 22.3. The first-order valence-electron chi connectivity index (χ1n) is 32.2. The number of carbonyl (C=O) groups excluding carboxylic acids is 7. The number of allylic oxidation sites excluding steroid dienone is 1. The van der Waals surface area contributed by atoms with Gasteiger partial charge in [0.25, 0.3) is 16.7 Å².